The molecule has 0 unspecified atom stereocenters. The maximum absolute atomic E-state index is 14.4. The van der Waals surface area contributed by atoms with Crippen molar-refractivity contribution in [1.82, 2.24) is 14.9 Å². The number of allylic oxidation sites excluding steroid dienone is 1. The van der Waals surface area contributed by atoms with E-state index < -0.39 is 12.4 Å². The van der Waals surface area contributed by atoms with Crippen LogP contribution in [0.1, 0.15) is 36.7 Å². The quantitative estimate of drug-likeness (QED) is 0.541. The molecular weight excluding hydrogens is 445 g/mol. The van der Waals surface area contributed by atoms with Gasteiger partial charge in [-0.1, -0.05) is 6.07 Å². The topological polar surface area (TPSA) is 65.9 Å². The van der Waals surface area contributed by atoms with Crippen LogP contribution in [-0.2, 0) is 6.54 Å². The highest BCUT2D eigenvalue weighted by atomic mass is 19.3. The number of nitrogens with zero attached hydrogens (tertiary/aromatic N) is 5. The molecule has 2 heterocycles. The smallest absolute Gasteiger partial charge is 0.387 e. The average molecular weight is 475 g/mol. The van der Waals surface area contributed by atoms with Gasteiger partial charge in [-0.25, -0.2) is 14.4 Å². The van der Waals surface area contributed by atoms with E-state index in [2.05, 4.69) is 31.6 Å². The first kappa shape index (κ1) is 24.0. The van der Waals surface area contributed by atoms with Gasteiger partial charge in [-0.2, -0.15) is 8.78 Å². The van der Waals surface area contributed by atoms with E-state index in [1.54, 1.807) is 0 Å². The predicted octanol–water partition coefficient (Wildman–Crippen LogP) is 4.48. The monoisotopic (exact) mass is 474 g/mol. The molecule has 2 fully saturated rings. The number of ether oxygens (including phenoxy) is 1. The van der Waals surface area contributed by atoms with Gasteiger partial charge in [0, 0.05) is 56.1 Å². The van der Waals surface area contributed by atoms with Crippen LogP contribution in [0.15, 0.2) is 28.9 Å². The van der Waals surface area contributed by atoms with Crippen molar-refractivity contribution in [2.75, 3.05) is 36.4 Å². The van der Waals surface area contributed by atoms with E-state index in [-0.39, 0.29) is 5.75 Å². The minimum atomic E-state index is -2.97. The number of hydrogen-bond donors (Lipinski definition) is 1. The lowest BCUT2D eigenvalue weighted by molar-refractivity contribution is -0.0500. The Hall–Kier alpha value is -3.14. The van der Waals surface area contributed by atoms with Gasteiger partial charge < -0.3 is 15.0 Å². The third kappa shape index (κ3) is 6.05. The number of aryl methyl sites for hydroxylation is 1. The van der Waals surface area contributed by atoms with Gasteiger partial charge in [-0.05, 0) is 45.5 Å². The zero-order valence-electron chi connectivity index (χ0n) is 19.4. The fourth-order valence-electron chi connectivity index (χ4n) is 3.83. The Kier molecular flexibility index (Phi) is 7.35. The van der Waals surface area contributed by atoms with E-state index in [0.29, 0.717) is 44.3 Å². The number of benzene rings is 1. The van der Waals surface area contributed by atoms with Gasteiger partial charge in [0.25, 0.3) is 0 Å². The molecule has 0 radical (unpaired) electrons. The van der Waals surface area contributed by atoms with Crippen molar-refractivity contribution in [3.05, 3.63) is 46.7 Å². The van der Waals surface area contributed by atoms with E-state index in [9.17, 15) is 13.2 Å². The molecule has 4 rings (SSSR count). The van der Waals surface area contributed by atoms with Crippen LogP contribution in [0.4, 0.5) is 24.8 Å². The molecule has 2 aliphatic rings. The SMILES string of the molecule is C=N/C(C)=C\c1nc(NC2CC2)c(N2CCN(Cc3ccc(OC(F)F)cc3F)CC2)nc1C. The highest BCUT2D eigenvalue weighted by molar-refractivity contribution is 5.66. The molecular formula is C24H29F3N6O. The van der Waals surface area contributed by atoms with Gasteiger partial charge in [0.05, 0.1) is 11.4 Å². The minimum absolute atomic E-state index is 0.178. The Morgan fingerprint density at radius 3 is 2.62 bits per heavy atom. The van der Waals surface area contributed by atoms with Crippen LogP contribution in [0.5, 0.6) is 5.75 Å². The minimum Gasteiger partial charge on any atom is -0.435 e. The van der Waals surface area contributed by atoms with Crippen molar-refractivity contribution in [2.24, 2.45) is 4.99 Å². The van der Waals surface area contributed by atoms with Crippen LogP contribution < -0.4 is 15.0 Å². The van der Waals surface area contributed by atoms with Gasteiger partial charge in [0.2, 0.25) is 0 Å². The van der Waals surface area contributed by atoms with Crippen LogP contribution in [0.3, 0.4) is 0 Å². The number of hydrogen-bond acceptors (Lipinski definition) is 7. The first-order chi connectivity index (χ1) is 16.3. The van der Waals surface area contributed by atoms with Crippen molar-refractivity contribution < 1.29 is 17.9 Å². The molecule has 34 heavy (non-hydrogen) atoms. The second-order valence-electron chi connectivity index (χ2n) is 8.62. The zero-order chi connectivity index (χ0) is 24.2. The predicted molar refractivity (Wildman–Crippen MR) is 127 cm³/mol. The Morgan fingerprint density at radius 1 is 1.26 bits per heavy atom. The van der Waals surface area contributed by atoms with Crippen LogP contribution in [-0.4, -0.2) is 60.4 Å². The number of aromatic nitrogens is 2. The maximum atomic E-state index is 14.4. The summed E-state index contributed by atoms with van der Waals surface area (Å²) in [6, 6.07) is 4.30. The summed E-state index contributed by atoms with van der Waals surface area (Å²) in [4.78, 5) is 18.0. The number of piperazine rings is 1. The molecule has 2 aromatic rings. The number of aliphatic imine (C=N–C) groups is 1. The Balaban J connectivity index is 1.44. The van der Waals surface area contributed by atoms with Crippen LogP contribution in [0.25, 0.3) is 6.08 Å². The molecule has 10 heteroatoms. The van der Waals surface area contributed by atoms with Gasteiger partial charge >= 0.3 is 6.61 Å². The third-order valence-corrected chi connectivity index (χ3v) is 5.92. The van der Waals surface area contributed by atoms with Crippen LogP contribution in [0, 0.1) is 12.7 Å². The molecule has 1 saturated heterocycles. The molecule has 1 aliphatic carbocycles. The second-order valence-corrected chi connectivity index (χ2v) is 8.62. The van der Waals surface area contributed by atoms with Gasteiger partial charge in [-0.15, -0.1) is 0 Å². The van der Waals surface area contributed by atoms with Gasteiger partial charge in [0.15, 0.2) is 11.6 Å². The molecule has 1 N–H and O–H groups in total. The normalized spacial score (nSPS) is 17.2. The fourth-order valence-corrected chi connectivity index (χ4v) is 3.83. The van der Waals surface area contributed by atoms with Crippen molar-refractivity contribution >= 4 is 24.4 Å². The molecule has 1 aromatic heterocycles. The number of rotatable bonds is 9. The van der Waals surface area contributed by atoms with Crippen molar-refractivity contribution in [3.63, 3.8) is 0 Å². The summed E-state index contributed by atoms with van der Waals surface area (Å²) in [5.74, 6) is 0.865. The summed E-state index contributed by atoms with van der Waals surface area (Å²) in [7, 11) is 0. The zero-order valence-corrected chi connectivity index (χ0v) is 19.4. The summed E-state index contributed by atoms with van der Waals surface area (Å²) in [5, 5.41) is 3.50. The van der Waals surface area contributed by atoms with Gasteiger partial charge in [-0.3, -0.25) is 9.89 Å². The molecule has 0 amide bonds. The van der Waals surface area contributed by atoms with Crippen molar-refractivity contribution in [1.29, 1.82) is 0 Å². The van der Waals surface area contributed by atoms with Crippen molar-refractivity contribution in [3.8, 4) is 5.75 Å². The number of halogens is 3. The lowest BCUT2D eigenvalue weighted by Gasteiger charge is -2.36. The highest BCUT2D eigenvalue weighted by Crippen LogP contribution is 2.31. The van der Waals surface area contributed by atoms with E-state index in [0.717, 1.165) is 47.6 Å². The Labute approximate surface area is 197 Å². The maximum Gasteiger partial charge on any atom is 0.387 e. The van der Waals surface area contributed by atoms with E-state index >= 15 is 0 Å². The summed E-state index contributed by atoms with van der Waals surface area (Å²) < 4.78 is 43.3. The molecule has 7 nitrogen and oxygen atoms in total. The van der Waals surface area contributed by atoms with Crippen molar-refractivity contribution in [2.45, 2.75) is 45.9 Å². The van der Waals surface area contributed by atoms with Crippen LogP contribution >= 0.6 is 0 Å². The molecule has 0 atom stereocenters. The molecule has 182 valence electrons. The third-order valence-electron chi connectivity index (χ3n) is 5.92. The van der Waals surface area contributed by atoms with E-state index in [4.69, 9.17) is 9.97 Å². The summed E-state index contributed by atoms with van der Waals surface area (Å²) in [6.07, 6.45) is 4.11. The van der Waals surface area contributed by atoms with E-state index in [1.807, 2.05) is 19.9 Å². The molecule has 0 spiro atoms. The van der Waals surface area contributed by atoms with Crippen LogP contribution in [0.2, 0.25) is 0 Å². The van der Waals surface area contributed by atoms with Gasteiger partial charge in [0.1, 0.15) is 11.6 Å². The first-order valence-electron chi connectivity index (χ1n) is 11.3. The number of nitrogens with one attached hydrogen (secondary N) is 1. The summed E-state index contributed by atoms with van der Waals surface area (Å²) >= 11 is 0. The Morgan fingerprint density at radius 2 is 2.00 bits per heavy atom. The number of alkyl halides is 2. The molecule has 0 bridgehead atoms. The average Bonchev–Trinajstić information content (AvgIpc) is 3.62. The number of anilines is 2. The second kappa shape index (κ2) is 10.4. The van der Waals surface area contributed by atoms with E-state index in [1.165, 1.54) is 12.1 Å². The summed E-state index contributed by atoms with van der Waals surface area (Å²) in [5.41, 5.74) is 2.81. The fraction of sp³-hybridized carbons (Fsp3) is 0.458. The molecule has 1 aliphatic heterocycles. The first-order valence-corrected chi connectivity index (χ1v) is 11.3. The standard InChI is InChI=1S/C24H29F3N6O/c1-15(28-3)12-21-16(2)29-23(22(31-21)30-18-5-6-18)33-10-8-32(9-11-33)14-17-4-7-19(13-20(17)25)34-24(26)27/h4,7,12-13,18,24H,3,5-6,8-11,14H2,1-2H3,(H,30,31)/b15-12-. The molecule has 1 aromatic carbocycles. The molecule has 1 saturated carbocycles. The Bertz CT molecular complexity index is 1060. The summed E-state index contributed by atoms with van der Waals surface area (Å²) in [6.45, 7) is 7.62. The lowest BCUT2D eigenvalue weighted by atomic mass is 10.1. The lowest BCUT2D eigenvalue weighted by Crippen LogP contribution is -2.46. The highest BCUT2D eigenvalue weighted by Gasteiger charge is 2.27. The largest absolute Gasteiger partial charge is 0.435 e.